The monoisotopic (exact) mass is 514 g/mol. The van der Waals surface area contributed by atoms with E-state index in [0.717, 1.165) is 29.2 Å². The van der Waals surface area contributed by atoms with Crippen LogP contribution in [0, 0.1) is 5.82 Å². The Hall–Kier alpha value is -2.23. The van der Waals surface area contributed by atoms with E-state index in [2.05, 4.69) is 15.6 Å². The number of benzene rings is 2. The Kier molecular flexibility index (Phi) is 8.81. The van der Waals surface area contributed by atoms with Gasteiger partial charge in [0.25, 0.3) is 0 Å². The molecular formula is C21H28FIN4O2. The third-order valence-electron chi connectivity index (χ3n) is 4.27. The van der Waals surface area contributed by atoms with Gasteiger partial charge in [-0.05, 0) is 36.8 Å². The molecule has 0 saturated carbocycles. The second kappa shape index (κ2) is 11.1. The topological polar surface area (TPSA) is 58.1 Å². The maximum Gasteiger partial charge on any atom is 0.196 e. The summed E-state index contributed by atoms with van der Waals surface area (Å²) in [6.45, 7) is 4.37. The Morgan fingerprint density at radius 2 is 1.86 bits per heavy atom. The zero-order valence-corrected chi connectivity index (χ0v) is 19.3. The van der Waals surface area contributed by atoms with E-state index in [0.29, 0.717) is 38.0 Å². The smallest absolute Gasteiger partial charge is 0.196 e. The Morgan fingerprint density at radius 1 is 1.10 bits per heavy atom. The largest absolute Gasteiger partial charge is 0.490 e. The highest BCUT2D eigenvalue weighted by Gasteiger charge is 2.11. The van der Waals surface area contributed by atoms with Crippen molar-refractivity contribution in [2.45, 2.75) is 19.9 Å². The van der Waals surface area contributed by atoms with Crippen molar-refractivity contribution in [3.8, 4) is 11.5 Å². The summed E-state index contributed by atoms with van der Waals surface area (Å²) in [5.74, 6) is 1.84. The predicted octanol–water partition coefficient (Wildman–Crippen LogP) is 4.25. The van der Waals surface area contributed by atoms with E-state index in [4.69, 9.17) is 9.47 Å². The van der Waals surface area contributed by atoms with Crippen LogP contribution in [0.3, 0.4) is 0 Å². The molecule has 6 nitrogen and oxygen atoms in total. The number of guanidine groups is 1. The summed E-state index contributed by atoms with van der Waals surface area (Å²) in [5.41, 5.74) is 2.21. The third-order valence-corrected chi connectivity index (χ3v) is 4.27. The fraction of sp³-hybridized carbons (Fsp3) is 0.381. The van der Waals surface area contributed by atoms with Crippen molar-refractivity contribution < 1.29 is 13.9 Å². The van der Waals surface area contributed by atoms with E-state index in [-0.39, 0.29) is 29.8 Å². The van der Waals surface area contributed by atoms with Gasteiger partial charge in [0.2, 0.25) is 0 Å². The van der Waals surface area contributed by atoms with Crippen LogP contribution in [0.1, 0.15) is 18.9 Å². The van der Waals surface area contributed by atoms with Crippen LogP contribution in [0.15, 0.2) is 41.4 Å². The molecule has 0 fully saturated rings. The van der Waals surface area contributed by atoms with Crippen LogP contribution in [-0.2, 0) is 6.54 Å². The van der Waals surface area contributed by atoms with Crippen molar-refractivity contribution >= 4 is 41.3 Å². The number of anilines is 2. The standard InChI is InChI=1S/C21H27FN4O2.HI/c1-4-23-21(24-14-15-6-8-18(26(2)3)17(22)12-15)25-16-7-9-19-20(13-16)28-11-5-10-27-19;/h6-9,12-13H,4-5,10-11,14H2,1-3H3,(H2,23,24,25);1H. The molecule has 29 heavy (non-hydrogen) atoms. The SMILES string of the molecule is CCNC(=NCc1ccc(N(C)C)c(F)c1)Nc1ccc2c(c1)OCCCO2.I. The van der Waals surface area contributed by atoms with Gasteiger partial charge in [-0.1, -0.05) is 6.07 Å². The van der Waals surface area contributed by atoms with Gasteiger partial charge < -0.3 is 25.0 Å². The maximum absolute atomic E-state index is 14.2. The van der Waals surface area contributed by atoms with Gasteiger partial charge in [0.1, 0.15) is 5.82 Å². The molecule has 158 valence electrons. The summed E-state index contributed by atoms with van der Waals surface area (Å²) in [6, 6.07) is 10.9. The van der Waals surface area contributed by atoms with Crippen molar-refractivity contribution in [3.63, 3.8) is 0 Å². The number of rotatable bonds is 5. The van der Waals surface area contributed by atoms with Crippen LogP contribution in [0.25, 0.3) is 0 Å². The zero-order chi connectivity index (χ0) is 19.9. The number of aliphatic imine (C=N–C) groups is 1. The fourth-order valence-corrected chi connectivity index (χ4v) is 2.87. The molecule has 2 aromatic carbocycles. The number of ether oxygens (including phenoxy) is 2. The molecule has 0 aliphatic carbocycles. The van der Waals surface area contributed by atoms with Gasteiger partial charge in [0, 0.05) is 38.8 Å². The maximum atomic E-state index is 14.2. The summed E-state index contributed by atoms with van der Waals surface area (Å²) < 4.78 is 25.6. The quantitative estimate of drug-likeness (QED) is 0.355. The van der Waals surface area contributed by atoms with Crippen molar-refractivity contribution in [3.05, 3.63) is 47.8 Å². The summed E-state index contributed by atoms with van der Waals surface area (Å²) in [5, 5.41) is 6.47. The summed E-state index contributed by atoms with van der Waals surface area (Å²) in [4.78, 5) is 6.32. The number of nitrogens with zero attached hydrogens (tertiary/aromatic N) is 2. The number of nitrogens with one attached hydrogen (secondary N) is 2. The van der Waals surface area contributed by atoms with Gasteiger partial charge in [0.15, 0.2) is 17.5 Å². The molecule has 2 N–H and O–H groups in total. The number of fused-ring (bicyclic) bond motifs is 1. The van der Waals surface area contributed by atoms with E-state index in [1.165, 1.54) is 6.07 Å². The van der Waals surface area contributed by atoms with Gasteiger partial charge in [-0.15, -0.1) is 24.0 Å². The lowest BCUT2D eigenvalue weighted by molar-refractivity contribution is 0.297. The average Bonchev–Trinajstić information content (AvgIpc) is 2.91. The van der Waals surface area contributed by atoms with Crippen LogP contribution in [0.5, 0.6) is 11.5 Å². The van der Waals surface area contributed by atoms with Crippen LogP contribution in [0.2, 0.25) is 0 Å². The van der Waals surface area contributed by atoms with Crippen molar-refractivity contribution in [2.75, 3.05) is 44.1 Å². The van der Waals surface area contributed by atoms with Gasteiger partial charge >= 0.3 is 0 Å². The summed E-state index contributed by atoms with van der Waals surface area (Å²) >= 11 is 0. The molecule has 0 spiro atoms. The molecule has 2 aromatic rings. The Labute approximate surface area is 188 Å². The van der Waals surface area contributed by atoms with Crippen molar-refractivity contribution in [2.24, 2.45) is 4.99 Å². The first-order chi connectivity index (χ1) is 13.6. The van der Waals surface area contributed by atoms with Crippen molar-refractivity contribution in [1.29, 1.82) is 0 Å². The predicted molar refractivity (Wildman–Crippen MR) is 127 cm³/mol. The first kappa shape index (κ1) is 23.1. The molecule has 0 bridgehead atoms. The van der Waals surface area contributed by atoms with Gasteiger partial charge in [-0.2, -0.15) is 0 Å². The Bertz CT molecular complexity index is 845. The molecule has 0 aromatic heterocycles. The van der Waals surface area contributed by atoms with Crippen LogP contribution in [-0.4, -0.2) is 39.8 Å². The molecule has 0 radical (unpaired) electrons. The molecule has 0 atom stereocenters. The van der Waals surface area contributed by atoms with Crippen molar-refractivity contribution in [1.82, 2.24) is 5.32 Å². The lowest BCUT2D eigenvalue weighted by atomic mass is 10.2. The minimum Gasteiger partial charge on any atom is -0.490 e. The third kappa shape index (κ3) is 6.38. The lowest BCUT2D eigenvalue weighted by Crippen LogP contribution is -2.30. The number of hydrogen-bond donors (Lipinski definition) is 2. The number of halogens is 2. The van der Waals surface area contributed by atoms with Crippen LogP contribution in [0.4, 0.5) is 15.8 Å². The molecule has 8 heteroatoms. The van der Waals surface area contributed by atoms with E-state index < -0.39 is 0 Å². The van der Waals surface area contributed by atoms with Gasteiger partial charge in [-0.25, -0.2) is 9.38 Å². The highest BCUT2D eigenvalue weighted by Crippen LogP contribution is 2.32. The van der Waals surface area contributed by atoms with E-state index in [1.54, 1.807) is 11.0 Å². The highest BCUT2D eigenvalue weighted by molar-refractivity contribution is 14.0. The minimum absolute atomic E-state index is 0. The molecule has 0 saturated heterocycles. The second-order valence-corrected chi connectivity index (χ2v) is 6.71. The molecule has 3 rings (SSSR count). The Morgan fingerprint density at radius 3 is 2.55 bits per heavy atom. The van der Waals surface area contributed by atoms with Gasteiger partial charge in [-0.3, -0.25) is 0 Å². The van der Waals surface area contributed by atoms with Crippen LogP contribution >= 0.6 is 24.0 Å². The minimum atomic E-state index is -0.251. The normalized spacial score (nSPS) is 13.2. The molecule has 1 heterocycles. The van der Waals surface area contributed by atoms with Gasteiger partial charge in [0.05, 0.1) is 25.4 Å². The number of hydrogen-bond acceptors (Lipinski definition) is 4. The molecule has 1 aliphatic heterocycles. The summed E-state index contributed by atoms with van der Waals surface area (Å²) in [6.07, 6.45) is 0.866. The molecule has 0 amide bonds. The van der Waals surface area contributed by atoms with E-state index >= 15 is 0 Å². The summed E-state index contributed by atoms with van der Waals surface area (Å²) in [7, 11) is 3.64. The first-order valence-corrected chi connectivity index (χ1v) is 9.47. The van der Waals surface area contributed by atoms with E-state index in [9.17, 15) is 4.39 Å². The average molecular weight is 514 g/mol. The zero-order valence-electron chi connectivity index (χ0n) is 17.0. The van der Waals surface area contributed by atoms with E-state index in [1.807, 2.05) is 45.3 Å². The Balaban J connectivity index is 0.00000300. The highest BCUT2D eigenvalue weighted by atomic mass is 127. The molecule has 0 unspecified atom stereocenters. The molecular weight excluding hydrogens is 486 g/mol. The second-order valence-electron chi connectivity index (χ2n) is 6.71. The lowest BCUT2D eigenvalue weighted by Gasteiger charge is -2.15. The fourth-order valence-electron chi connectivity index (χ4n) is 2.87. The van der Waals surface area contributed by atoms with Crippen LogP contribution < -0.4 is 25.0 Å². The molecule has 1 aliphatic rings. The first-order valence-electron chi connectivity index (χ1n) is 9.47.